The summed E-state index contributed by atoms with van der Waals surface area (Å²) < 4.78 is 0. The molecular weight excluding hydrogens is 330 g/mol. The molecule has 2 rings (SSSR count). The van der Waals surface area contributed by atoms with Crippen LogP contribution in [0.4, 0.5) is 0 Å². The Morgan fingerprint density at radius 1 is 1.08 bits per heavy atom. The quantitative estimate of drug-likeness (QED) is 0.856. The Bertz CT molecular complexity index is 317. The first-order valence-electron chi connectivity index (χ1n) is 3.37. The average Bonchev–Trinajstić information content (AvgIpc) is 2.58. The fourth-order valence-corrected chi connectivity index (χ4v) is 0.908. The molecule has 0 aromatic carbocycles. The second kappa shape index (κ2) is 4.14. The van der Waals surface area contributed by atoms with Crippen molar-refractivity contribution in [3.05, 3.63) is 36.8 Å². The van der Waals surface area contributed by atoms with Gasteiger partial charge in [0.25, 0.3) is 0 Å². The topological polar surface area (TPSA) is 41.6 Å². The minimum absolute atomic E-state index is 0. The zero-order chi connectivity index (χ0) is 7.52. The number of H-pyrrole nitrogens is 1. The van der Waals surface area contributed by atoms with Crippen LogP contribution in [0.25, 0.3) is 11.5 Å². The van der Waals surface area contributed by atoms with Gasteiger partial charge in [-0.25, -0.2) is 4.98 Å². The summed E-state index contributed by atoms with van der Waals surface area (Å²) in [5.74, 6) is 0.811. The van der Waals surface area contributed by atoms with Gasteiger partial charge in [0.15, 0.2) is 5.82 Å². The van der Waals surface area contributed by atoms with E-state index in [1.54, 1.807) is 18.6 Å². The fourth-order valence-electron chi connectivity index (χ4n) is 0.908. The Labute approximate surface area is 83.6 Å². The Hall–Kier alpha value is -0.991. The van der Waals surface area contributed by atoms with E-state index in [-0.39, 0.29) is 20.1 Å². The van der Waals surface area contributed by atoms with Gasteiger partial charge < -0.3 is 4.98 Å². The zero-order valence-corrected chi connectivity index (χ0v) is 8.59. The third-order valence-electron chi connectivity index (χ3n) is 1.41. The second-order valence-electron chi connectivity index (χ2n) is 2.15. The van der Waals surface area contributed by atoms with Crippen LogP contribution in [-0.4, -0.2) is 15.0 Å². The summed E-state index contributed by atoms with van der Waals surface area (Å²) in [7, 11) is 0. The van der Waals surface area contributed by atoms with E-state index in [1.807, 2.05) is 18.2 Å². The molecule has 60 valence electrons. The van der Waals surface area contributed by atoms with Crippen molar-refractivity contribution in [1.82, 2.24) is 15.0 Å². The first-order valence-corrected chi connectivity index (χ1v) is 3.37. The van der Waals surface area contributed by atoms with E-state index in [4.69, 9.17) is 0 Å². The Morgan fingerprint density at radius 2 is 2.00 bits per heavy atom. The predicted molar refractivity (Wildman–Crippen MR) is 41.8 cm³/mol. The van der Waals surface area contributed by atoms with Crippen LogP contribution >= 0.6 is 0 Å². The maximum atomic E-state index is 4.13. The molecule has 0 aliphatic heterocycles. The van der Waals surface area contributed by atoms with E-state index in [9.17, 15) is 0 Å². The summed E-state index contributed by atoms with van der Waals surface area (Å²) in [6, 6.07) is 5.73. The molecule has 3 nitrogen and oxygen atoms in total. The molecule has 1 N–H and O–H groups in total. The van der Waals surface area contributed by atoms with Crippen LogP contribution in [0.5, 0.6) is 0 Å². The van der Waals surface area contributed by atoms with Crippen molar-refractivity contribution in [3.8, 4) is 11.5 Å². The number of aromatic nitrogens is 3. The average molecular weight is 337 g/mol. The minimum Gasteiger partial charge on any atom is -0.343 e. The normalized spacial score (nSPS) is 9.00. The molecular formula is C8H7IrN3+3. The molecule has 0 amide bonds. The standard InChI is InChI=1S/C8H7N3.Ir/c1-2-4-9-7(3-1)8-10-5-6-11-8;/h1-6H,(H,10,11);/q;+3. The number of aromatic amines is 1. The van der Waals surface area contributed by atoms with Gasteiger partial charge >= 0.3 is 20.1 Å². The van der Waals surface area contributed by atoms with Gasteiger partial charge in [0, 0.05) is 18.6 Å². The van der Waals surface area contributed by atoms with Gasteiger partial charge in [-0.1, -0.05) is 6.07 Å². The molecule has 0 saturated carbocycles. The summed E-state index contributed by atoms with van der Waals surface area (Å²) in [6.45, 7) is 0. The molecule has 12 heavy (non-hydrogen) atoms. The number of imidazole rings is 1. The van der Waals surface area contributed by atoms with Gasteiger partial charge in [0.05, 0.1) is 0 Å². The second-order valence-corrected chi connectivity index (χ2v) is 2.15. The number of nitrogens with zero attached hydrogens (tertiary/aromatic N) is 2. The minimum atomic E-state index is 0. The third-order valence-corrected chi connectivity index (χ3v) is 1.41. The molecule has 0 saturated heterocycles. The first kappa shape index (κ1) is 9.10. The summed E-state index contributed by atoms with van der Waals surface area (Å²) in [6.07, 6.45) is 5.24. The van der Waals surface area contributed by atoms with Crippen molar-refractivity contribution in [2.45, 2.75) is 0 Å². The van der Waals surface area contributed by atoms with E-state index in [1.165, 1.54) is 0 Å². The number of rotatable bonds is 1. The SMILES string of the molecule is [Ir+3].c1ccc(-c2ncc[nH]2)nc1. The molecule has 2 aromatic rings. The molecule has 0 fully saturated rings. The van der Waals surface area contributed by atoms with Gasteiger partial charge in [0.1, 0.15) is 5.69 Å². The molecule has 0 radical (unpaired) electrons. The van der Waals surface area contributed by atoms with E-state index >= 15 is 0 Å². The number of hydrogen-bond donors (Lipinski definition) is 1. The smallest absolute Gasteiger partial charge is 0.343 e. The van der Waals surface area contributed by atoms with Crippen LogP contribution in [0.2, 0.25) is 0 Å². The van der Waals surface area contributed by atoms with E-state index in [0.29, 0.717) is 0 Å². The predicted octanol–water partition coefficient (Wildman–Crippen LogP) is 1.47. The van der Waals surface area contributed by atoms with Crippen molar-refractivity contribution >= 4 is 0 Å². The molecule has 2 aromatic heterocycles. The Morgan fingerprint density at radius 3 is 2.58 bits per heavy atom. The van der Waals surface area contributed by atoms with Crippen LogP contribution in [0.1, 0.15) is 0 Å². The largest absolute Gasteiger partial charge is 3.00 e. The summed E-state index contributed by atoms with van der Waals surface area (Å²) in [5, 5.41) is 0. The zero-order valence-electron chi connectivity index (χ0n) is 6.19. The van der Waals surface area contributed by atoms with Crippen molar-refractivity contribution in [2.75, 3.05) is 0 Å². The Kier molecular flexibility index (Phi) is 3.14. The molecule has 0 atom stereocenters. The van der Waals surface area contributed by atoms with E-state index < -0.39 is 0 Å². The molecule has 0 aliphatic rings. The van der Waals surface area contributed by atoms with Crippen molar-refractivity contribution in [1.29, 1.82) is 0 Å². The van der Waals surface area contributed by atoms with Gasteiger partial charge in [-0.15, -0.1) is 0 Å². The van der Waals surface area contributed by atoms with Crippen LogP contribution in [0, 0.1) is 0 Å². The summed E-state index contributed by atoms with van der Waals surface area (Å²) >= 11 is 0. The molecule has 0 bridgehead atoms. The van der Waals surface area contributed by atoms with Gasteiger partial charge in [-0.05, 0) is 12.1 Å². The summed E-state index contributed by atoms with van der Waals surface area (Å²) in [5.41, 5.74) is 0.873. The monoisotopic (exact) mass is 338 g/mol. The first-order chi connectivity index (χ1) is 5.47. The maximum absolute atomic E-state index is 4.13. The van der Waals surface area contributed by atoms with Gasteiger partial charge in [0.2, 0.25) is 0 Å². The molecule has 0 aliphatic carbocycles. The van der Waals surface area contributed by atoms with Crippen LogP contribution < -0.4 is 0 Å². The molecule has 4 heteroatoms. The fraction of sp³-hybridized carbons (Fsp3) is 0. The molecule has 0 unspecified atom stereocenters. The number of nitrogens with one attached hydrogen (secondary N) is 1. The van der Waals surface area contributed by atoms with Crippen molar-refractivity contribution in [2.24, 2.45) is 0 Å². The third kappa shape index (κ3) is 1.78. The van der Waals surface area contributed by atoms with Gasteiger partial charge in [-0.2, -0.15) is 0 Å². The van der Waals surface area contributed by atoms with Crippen molar-refractivity contribution in [3.63, 3.8) is 0 Å². The molecule has 0 spiro atoms. The van der Waals surface area contributed by atoms with E-state index in [0.717, 1.165) is 11.5 Å². The van der Waals surface area contributed by atoms with Crippen LogP contribution in [0.3, 0.4) is 0 Å². The Balaban J connectivity index is 0.000000720. The van der Waals surface area contributed by atoms with E-state index in [2.05, 4.69) is 15.0 Å². The number of hydrogen-bond acceptors (Lipinski definition) is 2. The summed E-state index contributed by atoms with van der Waals surface area (Å²) in [4.78, 5) is 11.2. The van der Waals surface area contributed by atoms with Gasteiger partial charge in [-0.3, -0.25) is 4.98 Å². The van der Waals surface area contributed by atoms with Crippen LogP contribution in [-0.2, 0) is 20.1 Å². The molecule has 2 heterocycles. The van der Waals surface area contributed by atoms with Crippen LogP contribution in [0.15, 0.2) is 36.8 Å². The van der Waals surface area contributed by atoms with Crippen molar-refractivity contribution < 1.29 is 20.1 Å². The maximum Gasteiger partial charge on any atom is 3.00 e. The number of pyridine rings is 1.